The lowest BCUT2D eigenvalue weighted by molar-refractivity contribution is -0.120. The largest absolute Gasteiger partial charge is 0.387 e. The molecule has 0 saturated carbocycles. The number of benzene rings is 3. The van der Waals surface area contributed by atoms with Crippen molar-refractivity contribution in [3.63, 3.8) is 0 Å². The van der Waals surface area contributed by atoms with Crippen molar-refractivity contribution in [1.29, 1.82) is 0 Å². The predicted molar refractivity (Wildman–Crippen MR) is 109 cm³/mol. The molecule has 0 aliphatic rings. The highest BCUT2D eigenvalue weighted by Gasteiger charge is 2.11. The third-order valence-electron chi connectivity index (χ3n) is 4.72. The predicted octanol–water partition coefficient (Wildman–Crippen LogP) is 3.42. The molecule has 5 nitrogen and oxygen atoms in total. The first-order valence-electron chi connectivity index (χ1n) is 9.21. The van der Waals surface area contributed by atoms with Gasteiger partial charge in [-0.25, -0.2) is 4.68 Å². The SMILES string of the molecule is O=C(Cc1ccc(-n2cccn2)cc1)NCC(O)c1ccc2ccccc2c1. The van der Waals surface area contributed by atoms with Crippen LogP contribution in [0.2, 0.25) is 0 Å². The molecule has 140 valence electrons. The monoisotopic (exact) mass is 371 g/mol. The van der Waals surface area contributed by atoms with Crippen LogP contribution in [0.4, 0.5) is 0 Å². The summed E-state index contributed by atoms with van der Waals surface area (Å²) in [6.07, 6.45) is 3.12. The van der Waals surface area contributed by atoms with Crippen molar-refractivity contribution >= 4 is 16.7 Å². The molecule has 4 aromatic rings. The topological polar surface area (TPSA) is 67.2 Å². The smallest absolute Gasteiger partial charge is 0.224 e. The van der Waals surface area contributed by atoms with Crippen LogP contribution in [-0.2, 0) is 11.2 Å². The maximum Gasteiger partial charge on any atom is 0.224 e. The van der Waals surface area contributed by atoms with Gasteiger partial charge in [0.2, 0.25) is 5.91 Å². The first-order chi connectivity index (χ1) is 13.7. The van der Waals surface area contributed by atoms with Crippen LogP contribution in [0.5, 0.6) is 0 Å². The second kappa shape index (κ2) is 8.06. The molecular formula is C23H21N3O2. The number of nitrogens with zero attached hydrogens (tertiary/aromatic N) is 2. The van der Waals surface area contributed by atoms with Gasteiger partial charge in [0.15, 0.2) is 0 Å². The van der Waals surface area contributed by atoms with E-state index in [-0.39, 0.29) is 18.9 Å². The molecule has 0 bridgehead atoms. The van der Waals surface area contributed by atoms with Crippen molar-refractivity contribution in [2.24, 2.45) is 0 Å². The number of fused-ring (bicyclic) bond motifs is 1. The van der Waals surface area contributed by atoms with Gasteiger partial charge in [0, 0.05) is 18.9 Å². The summed E-state index contributed by atoms with van der Waals surface area (Å²) >= 11 is 0. The molecule has 3 aromatic carbocycles. The van der Waals surface area contributed by atoms with Crippen LogP contribution >= 0.6 is 0 Å². The summed E-state index contributed by atoms with van der Waals surface area (Å²) < 4.78 is 1.77. The molecule has 1 amide bonds. The molecule has 1 atom stereocenters. The number of carbonyl (C=O) groups excluding carboxylic acids is 1. The van der Waals surface area contributed by atoms with E-state index in [0.717, 1.165) is 27.6 Å². The number of amides is 1. The van der Waals surface area contributed by atoms with Crippen LogP contribution in [0.3, 0.4) is 0 Å². The molecule has 0 fully saturated rings. The zero-order valence-electron chi connectivity index (χ0n) is 15.3. The van der Waals surface area contributed by atoms with Crippen LogP contribution in [0.25, 0.3) is 16.5 Å². The van der Waals surface area contributed by atoms with E-state index in [1.54, 1.807) is 10.9 Å². The number of aliphatic hydroxyl groups excluding tert-OH is 1. The van der Waals surface area contributed by atoms with Gasteiger partial charge >= 0.3 is 0 Å². The minimum Gasteiger partial charge on any atom is -0.387 e. The van der Waals surface area contributed by atoms with Crippen molar-refractivity contribution in [3.05, 3.63) is 96.3 Å². The highest BCUT2D eigenvalue weighted by atomic mass is 16.3. The Kier molecular flexibility index (Phi) is 5.17. The van der Waals surface area contributed by atoms with Gasteiger partial charge in [0.05, 0.1) is 18.2 Å². The molecular weight excluding hydrogens is 350 g/mol. The molecule has 4 rings (SSSR count). The van der Waals surface area contributed by atoms with Crippen LogP contribution in [0, 0.1) is 0 Å². The Balaban J connectivity index is 1.33. The maximum atomic E-state index is 12.2. The van der Waals surface area contributed by atoms with Crippen LogP contribution in [0.15, 0.2) is 85.2 Å². The summed E-state index contributed by atoms with van der Waals surface area (Å²) in [6, 6.07) is 23.4. The lowest BCUT2D eigenvalue weighted by Crippen LogP contribution is -2.29. The number of rotatable bonds is 6. The fraction of sp³-hybridized carbons (Fsp3) is 0.130. The van der Waals surface area contributed by atoms with E-state index in [1.165, 1.54) is 0 Å². The molecule has 1 aromatic heterocycles. The molecule has 0 saturated heterocycles. The molecule has 0 spiro atoms. The summed E-state index contributed by atoms with van der Waals surface area (Å²) in [5.74, 6) is -0.119. The van der Waals surface area contributed by atoms with Crippen molar-refractivity contribution < 1.29 is 9.90 Å². The summed E-state index contributed by atoms with van der Waals surface area (Å²) in [4.78, 5) is 12.2. The Labute approximate surface area is 163 Å². The number of hydrogen-bond donors (Lipinski definition) is 2. The molecule has 0 radical (unpaired) electrons. The zero-order valence-corrected chi connectivity index (χ0v) is 15.3. The van der Waals surface area contributed by atoms with Gasteiger partial charge in [0.1, 0.15) is 0 Å². The van der Waals surface area contributed by atoms with Gasteiger partial charge in [-0.1, -0.05) is 48.5 Å². The van der Waals surface area contributed by atoms with Crippen LogP contribution < -0.4 is 5.32 Å². The normalized spacial score (nSPS) is 12.0. The van der Waals surface area contributed by atoms with Gasteiger partial charge < -0.3 is 10.4 Å². The second-order valence-corrected chi connectivity index (χ2v) is 6.72. The lowest BCUT2D eigenvalue weighted by atomic mass is 10.0. The Morgan fingerprint density at radius 1 is 1.00 bits per heavy atom. The second-order valence-electron chi connectivity index (χ2n) is 6.72. The Bertz CT molecular complexity index is 1070. The van der Waals surface area contributed by atoms with E-state index in [2.05, 4.69) is 10.4 Å². The van der Waals surface area contributed by atoms with Gasteiger partial charge in [0.25, 0.3) is 0 Å². The molecule has 0 aliphatic heterocycles. The third-order valence-corrected chi connectivity index (χ3v) is 4.72. The van der Waals surface area contributed by atoms with Crippen LogP contribution in [0.1, 0.15) is 17.2 Å². The molecule has 5 heteroatoms. The van der Waals surface area contributed by atoms with E-state index >= 15 is 0 Å². The molecule has 0 aliphatic carbocycles. The molecule has 2 N–H and O–H groups in total. The number of aromatic nitrogens is 2. The van der Waals surface area contributed by atoms with Crippen molar-refractivity contribution in [2.75, 3.05) is 6.54 Å². The average Bonchev–Trinajstić information content (AvgIpc) is 3.27. The minimum absolute atomic E-state index is 0.119. The van der Waals surface area contributed by atoms with Gasteiger partial charge in [-0.05, 0) is 46.2 Å². The summed E-state index contributed by atoms with van der Waals surface area (Å²) in [7, 11) is 0. The fourth-order valence-electron chi connectivity index (χ4n) is 3.18. The van der Waals surface area contributed by atoms with E-state index < -0.39 is 6.10 Å². The Hall–Kier alpha value is -3.44. The lowest BCUT2D eigenvalue weighted by Gasteiger charge is -2.13. The Morgan fingerprint density at radius 2 is 1.79 bits per heavy atom. The van der Waals surface area contributed by atoms with Gasteiger partial charge in [-0.15, -0.1) is 0 Å². The molecule has 28 heavy (non-hydrogen) atoms. The van der Waals surface area contributed by atoms with E-state index in [0.29, 0.717) is 0 Å². The highest BCUT2D eigenvalue weighted by Crippen LogP contribution is 2.20. The quantitative estimate of drug-likeness (QED) is 0.546. The number of nitrogens with one attached hydrogen (secondary N) is 1. The number of carbonyl (C=O) groups is 1. The fourth-order valence-corrected chi connectivity index (χ4v) is 3.18. The van der Waals surface area contributed by atoms with Gasteiger partial charge in [-0.2, -0.15) is 5.10 Å². The minimum atomic E-state index is -0.740. The molecule has 1 unspecified atom stereocenters. The van der Waals surface area contributed by atoms with E-state index in [9.17, 15) is 9.90 Å². The standard InChI is InChI=1S/C23H21N3O2/c27-22(20-9-8-18-4-1-2-5-19(18)15-20)16-24-23(28)14-17-6-10-21(11-7-17)26-13-3-12-25-26/h1-13,15,22,27H,14,16H2,(H,24,28). The summed E-state index contributed by atoms with van der Waals surface area (Å²) in [5, 5.41) is 19.6. The van der Waals surface area contributed by atoms with E-state index in [1.807, 2.05) is 79.0 Å². The van der Waals surface area contributed by atoms with Gasteiger partial charge in [-0.3, -0.25) is 4.79 Å². The van der Waals surface area contributed by atoms with Crippen molar-refractivity contribution in [3.8, 4) is 5.69 Å². The third kappa shape index (κ3) is 4.10. The average molecular weight is 371 g/mol. The van der Waals surface area contributed by atoms with E-state index in [4.69, 9.17) is 0 Å². The Morgan fingerprint density at radius 3 is 2.54 bits per heavy atom. The molecule has 1 heterocycles. The summed E-state index contributed by atoms with van der Waals surface area (Å²) in [5.41, 5.74) is 2.65. The maximum absolute atomic E-state index is 12.2. The first kappa shape index (κ1) is 17.9. The zero-order chi connectivity index (χ0) is 19.3. The number of aliphatic hydroxyl groups is 1. The highest BCUT2D eigenvalue weighted by molar-refractivity contribution is 5.83. The summed E-state index contributed by atoms with van der Waals surface area (Å²) in [6.45, 7) is 0.183. The van der Waals surface area contributed by atoms with Crippen LogP contribution in [-0.4, -0.2) is 27.3 Å². The number of hydrogen-bond acceptors (Lipinski definition) is 3. The van der Waals surface area contributed by atoms with Crippen molar-refractivity contribution in [1.82, 2.24) is 15.1 Å². The van der Waals surface area contributed by atoms with Crippen molar-refractivity contribution in [2.45, 2.75) is 12.5 Å². The first-order valence-corrected chi connectivity index (χ1v) is 9.21.